The van der Waals surface area contributed by atoms with Gasteiger partial charge < -0.3 is 4.90 Å². The minimum Gasteiger partial charge on any atom is -0.366 e. The number of hydrogen-bond acceptors (Lipinski definition) is 1. The molecule has 0 amide bonds. The van der Waals surface area contributed by atoms with E-state index in [9.17, 15) is 0 Å². The molecule has 0 aliphatic rings. The maximum Gasteiger partial charge on any atom is 0.111 e. The molecule has 0 aromatic carbocycles. The van der Waals surface area contributed by atoms with E-state index in [1.165, 1.54) is 0 Å². The highest BCUT2D eigenvalue weighted by Gasteiger charge is 2.20. The smallest absolute Gasteiger partial charge is 0.111 e. The first-order valence-electron chi connectivity index (χ1n) is 2.81. The third-order valence-electron chi connectivity index (χ3n) is 1.01. The zero-order valence-electron chi connectivity index (χ0n) is 6.33. The van der Waals surface area contributed by atoms with Gasteiger partial charge in [0.25, 0.3) is 0 Å². The molecule has 54 valence electrons. The molecular weight excluding hydrogens is 227 g/mol. The van der Waals surface area contributed by atoms with E-state index in [0.717, 1.165) is 0 Å². The first kappa shape index (κ1) is 9.20. The number of halogens is 1. The molecule has 0 atom stereocenters. The van der Waals surface area contributed by atoms with Crippen molar-refractivity contribution >= 4 is 28.4 Å². The maximum atomic E-state index is 7.51. The standard InChI is InChI=1S/C6H13IN2/c1-6(2,7)5(8)9(3)4/h8H,1-4H3. The van der Waals surface area contributed by atoms with E-state index in [1.807, 2.05) is 32.8 Å². The molecule has 9 heavy (non-hydrogen) atoms. The highest BCUT2D eigenvalue weighted by atomic mass is 127. The number of amidine groups is 1. The second-order valence-electron chi connectivity index (χ2n) is 2.72. The lowest BCUT2D eigenvalue weighted by Crippen LogP contribution is -2.35. The van der Waals surface area contributed by atoms with Crippen LogP contribution < -0.4 is 0 Å². The maximum absolute atomic E-state index is 7.51. The lowest BCUT2D eigenvalue weighted by molar-refractivity contribution is 0.586. The Kier molecular flexibility index (Phi) is 2.92. The van der Waals surface area contributed by atoms with E-state index in [2.05, 4.69) is 22.6 Å². The van der Waals surface area contributed by atoms with Crippen molar-refractivity contribution < 1.29 is 0 Å². The zero-order valence-corrected chi connectivity index (χ0v) is 8.48. The number of alkyl halides is 1. The fourth-order valence-corrected chi connectivity index (χ4v) is 1.01. The van der Waals surface area contributed by atoms with E-state index in [0.29, 0.717) is 5.84 Å². The normalized spacial score (nSPS) is 11.2. The highest BCUT2D eigenvalue weighted by Crippen LogP contribution is 2.18. The summed E-state index contributed by atoms with van der Waals surface area (Å²) in [5.74, 6) is 0.656. The van der Waals surface area contributed by atoms with E-state index in [4.69, 9.17) is 5.41 Å². The van der Waals surface area contributed by atoms with Crippen LogP contribution in [0.4, 0.5) is 0 Å². The molecule has 0 aromatic rings. The average molecular weight is 240 g/mol. The summed E-state index contributed by atoms with van der Waals surface area (Å²) in [6, 6.07) is 0. The molecule has 1 N–H and O–H groups in total. The first-order valence-corrected chi connectivity index (χ1v) is 3.89. The van der Waals surface area contributed by atoms with Crippen LogP contribution in [0.25, 0.3) is 0 Å². The Balaban J connectivity index is 4.06. The van der Waals surface area contributed by atoms with Gasteiger partial charge in [-0.2, -0.15) is 0 Å². The van der Waals surface area contributed by atoms with Crippen molar-refractivity contribution in [1.82, 2.24) is 4.90 Å². The van der Waals surface area contributed by atoms with Gasteiger partial charge in [0.05, 0.1) is 3.42 Å². The van der Waals surface area contributed by atoms with Crippen molar-refractivity contribution in [3.8, 4) is 0 Å². The minimum atomic E-state index is -0.0404. The summed E-state index contributed by atoms with van der Waals surface area (Å²) >= 11 is 2.25. The lowest BCUT2D eigenvalue weighted by Gasteiger charge is -2.23. The zero-order chi connectivity index (χ0) is 7.65. The Morgan fingerprint density at radius 1 is 1.44 bits per heavy atom. The summed E-state index contributed by atoms with van der Waals surface area (Å²) in [6.07, 6.45) is 0. The van der Waals surface area contributed by atoms with Crippen LogP contribution >= 0.6 is 22.6 Å². The van der Waals surface area contributed by atoms with E-state index in [1.54, 1.807) is 0 Å². The molecule has 2 nitrogen and oxygen atoms in total. The molecule has 0 radical (unpaired) electrons. The largest absolute Gasteiger partial charge is 0.366 e. The van der Waals surface area contributed by atoms with Crippen LogP contribution in [0.1, 0.15) is 13.8 Å². The van der Waals surface area contributed by atoms with Crippen LogP contribution in [0.5, 0.6) is 0 Å². The predicted molar refractivity (Wildman–Crippen MR) is 49.5 cm³/mol. The van der Waals surface area contributed by atoms with Gasteiger partial charge in [0, 0.05) is 14.1 Å². The lowest BCUT2D eigenvalue weighted by atomic mass is 10.2. The number of hydrogen-bond donors (Lipinski definition) is 1. The summed E-state index contributed by atoms with van der Waals surface area (Å²) in [7, 11) is 3.78. The van der Waals surface area contributed by atoms with E-state index < -0.39 is 0 Å². The van der Waals surface area contributed by atoms with Crippen LogP contribution in [-0.2, 0) is 0 Å². The quantitative estimate of drug-likeness (QED) is 0.321. The summed E-state index contributed by atoms with van der Waals surface area (Å²) in [5, 5.41) is 7.51. The highest BCUT2D eigenvalue weighted by molar-refractivity contribution is 14.1. The number of rotatable bonds is 1. The molecule has 0 heterocycles. The predicted octanol–water partition coefficient (Wildman–Crippen LogP) is 1.74. The Hall–Kier alpha value is 0.200. The van der Waals surface area contributed by atoms with Gasteiger partial charge in [-0.05, 0) is 13.8 Å². The summed E-state index contributed by atoms with van der Waals surface area (Å²) in [6.45, 7) is 4.05. The van der Waals surface area contributed by atoms with Crippen LogP contribution in [0.3, 0.4) is 0 Å². The molecule has 3 heteroatoms. The third kappa shape index (κ3) is 3.03. The summed E-state index contributed by atoms with van der Waals surface area (Å²) in [5.41, 5.74) is 0. The van der Waals surface area contributed by atoms with Crippen molar-refractivity contribution in [2.24, 2.45) is 0 Å². The Labute approximate surface area is 70.3 Å². The van der Waals surface area contributed by atoms with Gasteiger partial charge in [-0.1, -0.05) is 22.6 Å². The van der Waals surface area contributed by atoms with Gasteiger partial charge >= 0.3 is 0 Å². The van der Waals surface area contributed by atoms with Gasteiger partial charge in [0.15, 0.2) is 0 Å². The average Bonchev–Trinajstić information content (AvgIpc) is 1.62. The van der Waals surface area contributed by atoms with Crippen molar-refractivity contribution in [1.29, 1.82) is 5.41 Å². The number of nitrogens with one attached hydrogen (secondary N) is 1. The minimum absolute atomic E-state index is 0.0404. The Bertz CT molecular complexity index is 113. The second kappa shape index (κ2) is 2.86. The van der Waals surface area contributed by atoms with Crippen LogP contribution in [0.15, 0.2) is 0 Å². The topological polar surface area (TPSA) is 27.1 Å². The van der Waals surface area contributed by atoms with Crippen molar-refractivity contribution in [3.05, 3.63) is 0 Å². The van der Waals surface area contributed by atoms with Crippen molar-refractivity contribution in [2.45, 2.75) is 17.3 Å². The third-order valence-corrected chi connectivity index (χ3v) is 1.52. The fraction of sp³-hybridized carbons (Fsp3) is 0.833. The van der Waals surface area contributed by atoms with Crippen LogP contribution in [-0.4, -0.2) is 28.3 Å². The summed E-state index contributed by atoms with van der Waals surface area (Å²) in [4.78, 5) is 1.83. The Morgan fingerprint density at radius 3 is 1.78 bits per heavy atom. The molecule has 0 aromatic heterocycles. The van der Waals surface area contributed by atoms with Gasteiger partial charge in [-0.3, -0.25) is 5.41 Å². The SMILES string of the molecule is CN(C)C(=N)C(C)(C)I. The molecule has 0 unspecified atom stereocenters. The van der Waals surface area contributed by atoms with E-state index in [-0.39, 0.29) is 3.42 Å². The molecular formula is C6H13IN2. The van der Waals surface area contributed by atoms with Crippen LogP contribution in [0, 0.1) is 5.41 Å². The van der Waals surface area contributed by atoms with Gasteiger partial charge in [0.1, 0.15) is 5.84 Å². The number of nitrogens with zero attached hydrogens (tertiary/aromatic N) is 1. The molecule has 0 rings (SSSR count). The van der Waals surface area contributed by atoms with Crippen molar-refractivity contribution in [3.63, 3.8) is 0 Å². The first-order chi connectivity index (χ1) is 3.85. The van der Waals surface area contributed by atoms with Crippen LogP contribution in [0.2, 0.25) is 0 Å². The fourth-order valence-electron chi connectivity index (χ4n) is 0.532. The van der Waals surface area contributed by atoms with Gasteiger partial charge in [0.2, 0.25) is 0 Å². The monoisotopic (exact) mass is 240 g/mol. The molecule has 0 saturated heterocycles. The molecule has 0 fully saturated rings. The molecule has 0 aliphatic heterocycles. The molecule has 0 spiro atoms. The second-order valence-corrected chi connectivity index (χ2v) is 5.41. The van der Waals surface area contributed by atoms with Gasteiger partial charge in [-0.25, -0.2) is 0 Å². The molecule has 0 aliphatic carbocycles. The summed E-state index contributed by atoms with van der Waals surface area (Å²) < 4.78 is -0.0404. The van der Waals surface area contributed by atoms with E-state index >= 15 is 0 Å². The van der Waals surface area contributed by atoms with Crippen molar-refractivity contribution in [2.75, 3.05) is 14.1 Å². The van der Waals surface area contributed by atoms with Gasteiger partial charge in [-0.15, -0.1) is 0 Å². The molecule has 0 saturated carbocycles. The Morgan fingerprint density at radius 2 is 1.78 bits per heavy atom. The molecule has 0 bridgehead atoms.